The Morgan fingerprint density at radius 1 is 1.25 bits per heavy atom. The van der Waals surface area contributed by atoms with Gasteiger partial charge >= 0.3 is 7.48 Å². The summed E-state index contributed by atoms with van der Waals surface area (Å²) in [7, 11) is 4.94. The van der Waals surface area contributed by atoms with Crippen molar-refractivity contribution in [1.29, 1.82) is 0 Å². The highest BCUT2D eigenvalue weighted by Crippen LogP contribution is 2.28. The third kappa shape index (κ3) is 3.98. The standard InChI is InChI=1S/C11H22BN2O2/c1-10(2,15-6)11(3,4)16-12-9(7-13)8-14-5/h7-8H,13H2,1-6H3. The Hall–Kier alpha value is -0.805. The number of hydrogen-bond donors (Lipinski definition) is 1. The van der Waals surface area contributed by atoms with Crippen LogP contribution in [0.5, 0.6) is 0 Å². The van der Waals surface area contributed by atoms with E-state index in [9.17, 15) is 0 Å². The van der Waals surface area contributed by atoms with Crippen LogP contribution in [0.25, 0.3) is 0 Å². The van der Waals surface area contributed by atoms with Gasteiger partial charge < -0.3 is 15.1 Å². The van der Waals surface area contributed by atoms with E-state index in [-0.39, 0.29) is 0 Å². The van der Waals surface area contributed by atoms with Gasteiger partial charge in [-0.2, -0.15) is 0 Å². The first-order valence-electron chi connectivity index (χ1n) is 5.21. The van der Waals surface area contributed by atoms with Crippen LogP contribution in [-0.2, 0) is 9.39 Å². The summed E-state index contributed by atoms with van der Waals surface area (Å²) in [6.45, 7) is 7.87. The van der Waals surface area contributed by atoms with Gasteiger partial charge in [0.05, 0.1) is 11.2 Å². The molecule has 4 nitrogen and oxygen atoms in total. The average molecular weight is 225 g/mol. The van der Waals surface area contributed by atoms with E-state index in [1.54, 1.807) is 27.9 Å². The molecule has 16 heavy (non-hydrogen) atoms. The van der Waals surface area contributed by atoms with Gasteiger partial charge in [-0.1, -0.05) is 0 Å². The van der Waals surface area contributed by atoms with E-state index < -0.39 is 11.2 Å². The summed E-state index contributed by atoms with van der Waals surface area (Å²) < 4.78 is 11.1. The number of allylic oxidation sites excluding steroid dienone is 1. The van der Waals surface area contributed by atoms with Crippen LogP contribution in [0.1, 0.15) is 27.7 Å². The van der Waals surface area contributed by atoms with Gasteiger partial charge in [0.15, 0.2) is 0 Å². The number of nitrogens with zero attached hydrogens (tertiary/aromatic N) is 1. The number of aliphatic imine (C=N–C) groups is 1. The van der Waals surface area contributed by atoms with Crippen molar-refractivity contribution in [3.05, 3.63) is 11.7 Å². The Morgan fingerprint density at radius 2 is 1.81 bits per heavy atom. The molecule has 0 amide bonds. The molecule has 0 aromatic carbocycles. The predicted octanol–water partition coefficient (Wildman–Crippen LogP) is 1.33. The molecule has 0 saturated heterocycles. The van der Waals surface area contributed by atoms with Crippen molar-refractivity contribution in [3.63, 3.8) is 0 Å². The SMILES string of the molecule is CN=CC([B]OC(C)(C)C(C)(C)OC)=CN. The Kier molecular flexibility index (Phi) is 5.75. The van der Waals surface area contributed by atoms with Crippen molar-refractivity contribution in [2.75, 3.05) is 14.2 Å². The minimum Gasteiger partial charge on any atom is -0.426 e. The van der Waals surface area contributed by atoms with E-state index in [2.05, 4.69) is 4.99 Å². The van der Waals surface area contributed by atoms with Crippen LogP contribution < -0.4 is 5.73 Å². The average Bonchev–Trinajstić information content (AvgIpc) is 2.23. The van der Waals surface area contributed by atoms with Crippen LogP contribution >= 0.6 is 0 Å². The van der Waals surface area contributed by atoms with Crippen molar-refractivity contribution in [1.82, 2.24) is 0 Å². The molecular formula is C11H22BN2O2. The zero-order valence-corrected chi connectivity index (χ0v) is 11.1. The molecule has 0 heterocycles. The first kappa shape index (κ1) is 15.2. The van der Waals surface area contributed by atoms with Gasteiger partial charge in [-0.15, -0.1) is 0 Å². The molecule has 2 N–H and O–H groups in total. The molecular weight excluding hydrogens is 203 g/mol. The lowest BCUT2D eigenvalue weighted by molar-refractivity contribution is -0.114. The van der Waals surface area contributed by atoms with E-state index in [4.69, 9.17) is 15.1 Å². The highest BCUT2D eigenvalue weighted by molar-refractivity contribution is 6.46. The highest BCUT2D eigenvalue weighted by Gasteiger charge is 2.37. The van der Waals surface area contributed by atoms with Crippen molar-refractivity contribution in [2.45, 2.75) is 38.9 Å². The normalized spacial score (nSPS) is 14.5. The molecule has 0 aliphatic rings. The summed E-state index contributed by atoms with van der Waals surface area (Å²) in [5.41, 5.74) is 5.30. The lowest BCUT2D eigenvalue weighted by Gasteiger charge is -2.40. The first-order valence-corrected chi connectivity index (χ1v) is 5.21. The smallest absolute Gasteiger partial charge is 0.333 e. The van der Waals surface area contributed by atoms with Crippen molar-refractivity contribution in [2.24, 2.45) is 10.7 Å². The van der Waals surface area contributed by atoms with Crippen LogP contribution in [0.2, 0.25) is 0 Å². The lowest BCUT2D eigenvalue weighted by atomic mass is 9.83. The quantitative estimate of drug-likeness (QED) is 0.548. The number of ether oxygens (including phenoxy) is 1. The van der Waals surface area contributed by atoms with Crippen molar-refractivity contribution < 1.29 is 9.39 Å². The van der Waals surface area contributed by atoms with Gasteiger partial charge in [0.25, 0.3) is 0 Å². The second kappa shape index (κ2) is 6.06. The maximum Gasteiger partial charge on any atom is 0.333 e. The van der Waals surface area contributed by atoms with Crippen LogP contribution in [-0.4, -0.2) is 39.1 Å². The Balaban J connectivity index is 4.50. The topological polar surface area (TPSA) is 56.8 Å². The number of methoxy groups -OCH3 is 1. The second-order valence-electron chi connectivity index (χ2n) is 4.51. The van der Waals surface area contributed by atoms with E-state index >= 15 is 0 Å². The fourth-order valence-corrected chi connectivity index (χ4v) is 0.865. The molecule has 0 aromatic heterocycles. The monoisotopic (exact) mass is 225 g/mol. The molecule has 0 fully saturated rings. The zero-order valence-electron chi connectivity index (χ0n) is 11.1. The van der Waals surface area contributed by atoms with Gasteiger partial charge in [-0.3, -0.25) is 4.99 Å². The lowest BCUT2D eigenvalue weighted by Crippen LogP contribution is -2.49. The molecule has 0 aromatic rings. The first-order chi connectivity index (χ1) is 7.30. The molecule has 91 valence electrons. The third-order valence-electron chi connectivity index (χ3n) is 2.92. The molecule has 0 aliphatic heterocycles. The molecule has 0 saturated carbocycles. The summed E-state index contributed by atoms with van der Waals surface area (Å²) >= 11 is 0. The molecule has 0 aliphatic carbocycles. The minimum atomic E-state index is -0.461. The van der Waals surface area contributed by atoms with Crippen LogP contribution in [0.3, 0.4) is 0 Å². The number of rotatable bonds is 6. The van der Waals surface area contributed by atoms with Gasteiger partial charge in [-0.25, -0.2) is 0 Å². The Labute approximate surface area is 99.2 Å². The van der Waals surface area contributed by atoms with Gasteiger partial charge in [0.1, 0.15) is 0 Å². The molecule has 1 radical (unpaired) electrons. The summed E-state index contributed by atoms with van der Waals surface area (Å²) in [6.07, 6.45) is 3.08. The van der Waals surface area contributed by atoms with Crippen LogP contribution in [0.15, 0.2) is 16.7 Å². The fourth-order valence-electron chi connectivity index (χ4n) is 0.865. The maximum absolute atomic E-state index is 5.70. The van der Waals surface area contributed by atoms with E-state index in [0.717, 1.165) is 5.47 Å². The molecule has 0 rings (SSSR count). The zero-order chi connectivity index (χ0) is 12.8. The van der Waals surface area contributed by atoms with Gasteiger partial charge in [0.2, 0.25) is 0 Å². The van der Waals surface area contributed by atoms with E-state index in [1.165, 1.54) is 6.20 Å². The molecule has 5 heteroatoms. The van der Waals surface area contributed by atoms with Crippen molar-refractivity contribution >= 4 is 13.7 Å². The van der Waals surface area contributed by atoms with Crippen LogP contribution in [0, 0.1) is 0 Å². The third-order valence-corrected chi connectivity index (χ3v) is 2.92. The summed E-state index contributed by atoms with van der Waals surface area (Å²) in [5, 5.41) is 0. The summed E-state index contributed by atoms with van der Waals surface area (Å²) in [4.78, 5) is 3.87. The predicted molar refractivity (Wildman–Crippen MR) is 68.7 cm³/mol. The van der Waals surface area contributed by atoms with Crippen LogP contribution in [0.4, 0.5) is 0 Å². The highest BCUT2D eigenvalue weighted by atomic mass is 16.5. The van der Waals surface area contributed by atoms with E-state index in [0.29, 0.717) is 0 Å². The molecule has 0 bridgehead atoms. The minimum absolute atomic E-state index is 0.396. The second-order valence-corrected chi connectivity index (χ2v) is 4.51. The molecule has 0 atom stereocenters. The van der Waals surface area contributed by atoms with Gasteiger partial charge in [-0.05, 0) is 39.4 Å². The number of nitrogens with two attached hydrogens (primary N) is 1. The maximum atomic E-state index is 5.70. The molecule has 0 unspecified atom stereocenters. The summed E-state index contributed by atoms with van der Waals surface area (Å²) in [5.74, 6) is 0. The van der Waals surface area contributed by atoms with Crippen molar-refractivity contribution in [3.8, 4) is 0 Å². The molecule has 0 spiro atoms. The largest absolute Gasteiger partial charge is 0.426 e. The number of hydrogen-bond acceptors (Lipinski definition) is 4. The van der Waals surface area contributed by atoms with E-state index in [1.807, 2.05) is 27.7 Å². The Morgan fingerprint density at radius 3 is 2.19 bits per heavy atom. The van der Waals surface area contributed by atoms with Gasteiger partial charge in [0, 0.05) is 20.4 Å². The fraction of sp³-hybridized carbons (Fsp3) is 0.727. The summed E-state index contributed by atoms with van der Waals surface area (Å²) in [6, 6.07) is 0. The Bertz CT molecular complexity index is 273.